The molecule has 4 rings (SSSR count). The van der Waals surface area contributed by atoms with Crippen LogP contribution < -0.4 is 5.32 Å². The third-order valence-electron chi connectivity index (χ3n) is 6.09. The maximum Gasteiger partial charge on any atom is 0.318 e. The summed E-state index contributed by atoms with van der Waals surface area (Å²) < 4.78 is 26.9. The summed E-state index contributed by atoms with van der Waals surface area (Å²) >= 11 is 0. The molecule has 0 saturated carbocycles. The Morgan fingerprint density at radius 3 is 2.33 bits per heavy atom. The van der Waals surface area contributed by atoms with E-state index in [1.807, 2.05) is 31.2 Å². The summed E-state index contributed by atoms with van der Waals surface area (Å²) in [4.78, 5) is 20.2. The van der Waals surface area contributed by atoms with Gasteiger partial charge in [0.05, 0.1) is 17.3 Å². The number of oxime groups is 1. The number of nitrogens with one attached hydrogen (secondary N) is 1. The van der Waals surface area contributed by atoms with Gasteiger partial charge in [-0.1, -0.05) is 53.2 Å². The van der Waals surface area contributed by atoms with Gasteiger partial charge in [0.15, 0.2) is 0 Å². The van der Waals surface area contributed by atoms with Crippen LogP contribution in [0.4, 0.5) is 13.6 Å². The zero-order valence-corrected chi connectivity index (χ0v) is 19.9. The molecule has 0 bridgehead atoms. The Hall–Kier alpha value is -4.25. The number of nitriles is 1. The third-order valence-corrected chi connectivity index (χ3v) is 6.09. The van der Waals surface area contributed by atoms with Crippen molar-refractivity contribution in [3.63, 3.8) is 0 Å². The normalized spacial score (nSPS) is 14.1. The fourth-order valence-electron chi connectivity index (χ4n) is 3.99. The lowest BCUT2D eigenvalue weighted by atomic mass is 9.98. The lowest BCUT2D eigenvalue weighted by Crippen LogP contribution is -2.46. The van der Waals surface area contributed by atoms with Gasteiger partial charge in [-0.25, -0.2) is 13.6 Å². The van der Waals surface area contributed by atoms with E-state index in [2.05, 4.69) is 10.5 Å². The Bertz CT molecular complexity index is 1230. The Labute approximate surface area is 208 Å². The van der Waals surface area contributed by atoms with Crippen LogP contribution >= 0.6 is 0 Å². The SMILES string of the molecule is Cc1ccc(C(NC(=O)N2CCC(=NOCc3ccc(F)c(C#N)c3)CC2)c2ccc(F)cc2)cc1. The fraction of sp³-hybridized carbons (Fsp3) is 0.250. The molecule has 0 aromatic heterocycles. The summed E-state index contributed by atoms with van der Waals surface area (Å²) in [5.74, 6) is -0.898. The smallest absolute Gasteiger partial charge is 0.318 e. The van der Waals surface area contributed by atoms with Crippen molar-refractivity contribution < 1.29 is 18.4 Å². The number of benzene rings is 3. The number of likely N-dealkylation sites (tertiary alicyclic amines) is 1. The molecule has 8 heteroatoms. The zero-order chi connectivity index (χ0) is 25.5. The summed E-state index contributed by atoms with van der Waals surface area (Å²) in [6.07, 6.45) is 1.12. The number of piperidine rings is 1. The minimum Gasteiger partial charge on any atom is -0.391 e. The monoisotopic (exact) mass is 488 g/mol. The van der Waals surface area contributed by atoms with Gasteiger partial charge in [-0.05, 0) is 47.9 Å². The molecule has 184 valence electrons. The first-order valence-electron chi connectivity index (χ1n) is 11.7. The second-order valence-corrected chi connectivity index (χ2v) is 8.69. The maximum absolute atomic E-state index is 13.5. The van der Waals surface area contributed by atoms with Crippen LogP contribution in [-0.4, -0.2) is 29.7 Å². The molecule has 1 fully saturated rings. The van der Waals surface area contributed by atoms with Crippen molar-refractivity contribution in [2.75, 3.05) is 13.1 Å². The number of urea groups is 1. The van der Waals surface area contributed by atoms with Crippen LogP contribution in [0.3, 0.4) is 0 Å². The summed E-state index contributed by atoms with van der Waals surface area (Å²) in [6, 6.07) is 19.4. The van der Waals surface area contributed by atoms with Gasteiger partial charge >= 0.3 is 6.03 Å². The standard InChI is InChI=1S/C28H26F2N4O2/c1-19-2-5-21(6-3-19)27(22-7-9-24(29)10-8-22)32-28(35)34-14-12-25(13-15-34)33-36-18-20-4-11-26(30)23(16-20)17-31/h2-11,16,27H,12-15,18H2,1H3,(H,32,35). The van der Waals surface area contributed by atoms with Crippen LogP contribution in [0.25, 0.3) is 0 Å². The van der Waals surface area contributed by atoms with Crippen LogP contribution in [0.5, 0.6) is 0 Å². The Kier molecular flexibility index (Phi) is 7.91. The van der Waals surface area contributed by atoms with Crippen LogP contribution in [0.2, 0.25) is 0 Å². The van der Waals surface area contributed by atoms with Crippen molar-refractivity contribution in [1.29, 1.82) is 5.26 Å². The van der Waals surface area contributed by atoms with Gasteiger partial charge in [0.25, 0.3) is 0 Å². The van der Waals surface area contributed by atoms with Crippen molar-refractivity contribution in [3.05, 3.63) is 106 Å². The first kappa shape index (κ1) is 24.9. The number of rotatable bonds is 6. The summed E-state index contributed by atoms with van der Waals surface area (Å²) in [7, 11) is 0. The largest absolute Gasteiger partial charge is 0.391 e. The highest BCUT2D eigenvalue weighted by Crippen LogP contribution is 2.24. The van der Waals surface area contributed by atoms with E-state index in [1.54, 1.807) is 29.2 Å². The predicted molar refractivity (Wildman–Crippen MR) is 132 cm³/mol. The van der Waals surface area contributed by atoms with Gasteiger partial charge in [0.2, 0.25) is 0 Å². The Balaban J connectivity index is 1.35. The number of nitrogens with zero attached hydrogens (tertiary/aromatic N) is 3. The molecule has 1 saturated heterocycles. The molecule has 3 aromatic carbocycles. The van der Waals surface area contributed by atoms with E-state index >= 15 is 0 Å². The lowest BCUT2D eigenvalue weighted by molar-refractivity contribution is 0.127. The molecular weight excluding hydrogens is 462 g/mol. The van der Waals surface area contributed by atoms with E-state index in [1.165, 1.54) is 24.3 Å². The Morgan fingerprint density at radius 2 is 1.69 bits per heavy atom. The second kappa shape index (κ2) is 11.5. The quantitative estimate of drug-likeness (QED) is 0.458. The van der Waals surface area contributed by atoms with E-state index in [0.29, 0.717) is 31.5 Å². The molecule has 0 radical (unpaired) electrons. The van der Waals surface area contributed by atoms with Gasteiger partial charge in [0.1, 0.15) is 24.3 Å². The molecule has 0 spiro atoms. The minimum atomic E-state index is -0.567. The van der Waals surface area contributed by atoms with Gasteiger partial charge in [-0.2, -0.15) is 5.26 Å². The van der Waals surface area contributed by atoms with Crippen molar-refractivity contribution in [3.8, 4) is 6.07 Å². The van der Waals surface area contributed by atoms with Crippen LogP contribution in [0.15, 0.2) is 71.9 Å². The van der Waals surface area contributed by atoms with Crippen molar-refractivity contribution >= 4 is 11.7 Å². The maximum atomic E-state index is 13.5. The first-order valence-corrected chi connectivity index (χ1v) is 11.7. The summed E-state index contributed by atoms with van der Waals surface area (Å²) in [5, 5.41) is 16.2. The topological polar surface area (TPSA) is 77.7 Å². The molecule has 2 amide bonds. The molecule has 0 aliphatic carbocycles. The second-order valence-electron chi connectivity index (χ2n) is 8.69. The van der Waals surface area contributed by atoms with Crippen molar-refractivity contribution in [1.82, 2.24) is 10.2 Å². The van der Waals surface area contributed by atoms with Crippen molar-refractivity contribution in [2.24, 2.45) is 5.16 Å². The highest BCUT2D eigenvalue weighted by Gasteiger charge is 2.24. The predicted octanol–water partition coefficient (Wildman–Crippen LogP) is 5.61. The average molecular weight is 489 g/mol. The number of carbonyl (C=O) groups excluding carboxylic acids is 1. The number of carbonyl (C=O) groups is 1. The average Bonchev–Trinajstić information content (AvgIpc) is 2.90. The zero-order valence-electron chi connectivity index (χ0n) is 19.9. The molecule has 3 aromatic rings. The van der Waals surface area contributed by atoms with Crippen molar-refractivity contribution in [2.45, 2.75) is 32.4 Å². The number of hydrogen-bond donors (Lipinski definition) is 1. The number of hydrogen-bond acceptors (Lipinski definition) is 4. The molecule has 1 heterocycles. The molecule has 1 unspecified atom stereocenters. The van der Waals surface area contributed by atoms with E-state index in [-0.39, 0.29) is 24.0 Å². The molecule has 1 aliphatic rings. The Morgan fingerprint density at radius 1 is 1.06 bits per heavy atom. The molecule has 1 N–H and O–H groups in total. The molecule has 1 aliphatic heterocycles. The highest BCUT2D eigenvalue weighted by molar-refractivity contribution is 5.87. The number of aryl methyl sites for hydroxylation is 1. The molecule has 36 heavy (non-hydrogen) atoms. The van der Waals surface area contributed by atoms with Gasteiger partial charge in [-0.3, -0.25) is 0 Å². The van der Waals surface area contributed by atoms with Gasteiger partial charge < -0.3 is 15.1 Å². The van der Waals surface area contributed by atoms with E-state index in [4.69, 9.17) is 10.1 Å². The lowest BCUT2D eigenvalue weighted by Gasteiger charge is -2.30. The van der Waals surface area contributed by atoms with E-state index in [9.17, 15) is 13.6 Å². The number of amides is 2. The third kappa shape index (κ3) is 6.25. The van der Waals surface area contributed by atoms with E-state index in [0.717, 1.165) is 22.4 Å². The van der Waals surface area contributed by atoms with E-state index < -0.39 is 11.9 Å². The fourth-order valence-corrected chi connectivity index (χ4v) is 3.99. The van der Waals surface area contributed by atoms with Crippen LogP contribution in [-0.2, 0) is 11.4 Å². The first-order chi connectivity index (χ1) is 17.4. The number of halogens is 2. The van der Waals surface area contributed by atoms with Gasteiger partial charge in [0, 0.05) is 25.9 Å². The van der Waals surface area contributed by atoms with Crippen LogP contribution in [0, 0.1) is 29.9 Å². The summed E-state index contributed by atoms with van der Waals surface area (Å²) in [5.41, 5.74) is 4.26. The molecular formula is C28H26F2N4O2. The van der Waals surface area contributed by atoms with Gasteiger partial charge in [-0.15, -0.1) is 0 Å². The minimum absolute atomic E-state index is 0.0346. The molecule has 1 atom stereocenters. The molecule has 6 nitrogen and oxygen atoms in total. The highest BCUT2D eigenvalue weighted by atomic mass is 19.1. The summed E-state index contributed by atoms with van der Waals surface area (Å²) in [6.45, 7) is 3.08. The van der Waals surface area contributed by atoms with Crippen LogP contribution in [0.1, 0.15) is 46.7 Å².